The molecule has 2 saturated carbocycles. The molecule has 2 aliphatic carbocycles. The molecule has 0 bridgehead atoms. The van der Waals surface area contributed by atoms with Crippen molar-refractivity contribution in [1.29, 1.82) is 0 Å². The maximum absolute atomic E-state index is 15.2. The van der Waals surface area contributed by atoms with Gasteiger partial charge in [-0.1, -0.05) is 38.1 Å². The molecule has 69 heavy (non-hydrogen) atoms. The number of halogens is 3. The topological polar surface area (TPSA) is 171 Å². The first-order valence-corrected chi connectivity index (χ1v) is 25.5. The molecule has 2 aromatic carbocycles. The van der Waals surface area contributed by atoms with E-state index in [2.05, 4.69) is 9.62 Å². The fourth-order valence-corrected chi connectivity index (χ4v) is 11.4. The lowest BCUT2D eigenvalue weighted by molar-refractivity contribution is -0.257. The molecule has 2 saturated heterocycles. The number of pyridine rings is 1. The van der Waals surface area contributed by atoms with E-state index in [1.165, 1.54) is 4.90 Å². The molecular formula is C51H63F3N4O10S. The fourth-order valence-electron chi connectivity index (χ4n) is 10.0. The van der Waals surface area contributed by atoms with E-state index in [-0.39, 0.29) is 31.2 Å². The summed E-state index contributed by atoms with van der Waals surface area (Å²) in [5.74, 6) is -4.51. The number of benzene rings is 2. The van der Waals surface area contributed by atoms with Crippen LogP contribution >= 0.6 is 0 Å². The van der Waals surface area contributed by atoms with E-state index >= 15 is 4.79 Å². The zero-order valence-corrected chi connectivity index (χ0v) is 40.9. The van der Waals surface area contributed by atoms with E-state index in [9.17, 15) is 36.0 Å². The van der Waals surface area contributed by atoms with Crippen LogP contribution in [0.1, 0.15) is 92.4 Å². The number of sulfonamides is 1. The third kappa shape index (κ3) is 10.6. The molecule has 1 N–H and O–H groups in total. The van der Waals surface area contributed by atoms with Crippen LogP contribution in [-0.4, -0.2) is 110 Å². The van der Waals surface area contributed by atoms with Crippen LogP contribution in [0.5, 0.6) is 11.6 Å². The highest BCUT2D eigenvalue weighted by atomic mass is 32.2. The number of rotatable bonds is 11. The second kappa shape index (κ2) is 19.2. The number of alkyl halides is 3. The summed E-state index contributed by atoms with van der Waals surface area (Å²) in [6, 6.07) is 14.1. The predicted molar refractivity (Wildman–Crippen MR) is 252 cm³/mol. The van der Waals surface area contributed by atoms with Gasteiger partial charge in [-0.15, -0.1) is 0 Å². The Morgan fingerprint density at radius 3 is 2.38 bits per heavy atom. The molecule has 8 rings (SSSR count). The zero-order valence-electron chi connectivity index (χ0n) is 40.1. The number of anilines is 1. The van der Waals surface area contributed by atoms with Crippen molar-refractivity contribution >= 4 is 50.1 Å². The lowest BCUT2D eigenvalue weighted by Crippen LogP contribution is -2.48. The first-order valence-electron chi connectivity index (χ1n) is 24.0. The van der Waals surface area contributed by atoms with Crippen LogP contribution < -0.4 is 19.1 Å². The van der Waals surface area contributed by atoms with Crippen molar-refractivity contribution < 1.29 is 59.7 Å². The number of fused-ring (bicyclic) bond motifs is 3. The van der Waals surface area contributed by atoms with Crippen LogP contribution in [-0.2, 0) is 38.7 Å². The van der Waals surface area contributed by atoms with Gasteiger partial charge in [0, 0.05) is 42.6 Å². The van der Waals surface area contributed by atoms with Crippen LogP contribution in [0.3, 0.4) is 0 Å². The number of aromatic nitrogens is 1. The van der Waals surface area contributed by atoms with Crippen molar-refractivity contribution in [2.75, 3.05) is 44.9 Å². The van der Waals surface area contributed by atoms with E-state index < -0.39 is 98.3 Å². The second-order valence-electron chi connectivity index (χ2n) is 20.6. The molecule has 3 aromatic rings. The molecule has 374 valence electrons. The third-order valence-corrected chi connectivity index (χ3v) is 17.2. The standard InChI is InChI=1S/C51H63F3N4O10S/c1-31-9-7-8-10-35-28-50(35,47(62)56-69(63,64)49(5)17-18-49)29-43(59)42-26-38(30-58(42)46(61)40(32(2)23-31)27-44(60)68-48(3,4)51(52,53)54)67-45-39-16-15-37(65-6)24-34(39)25-41(55-45)33-11-13-36(14-12-33)57-19-21-66-22-20-57/h8,10-16,24-25,31-32,35,38,40,42H,7,9,17-23,26-30H2,1-6H3,(H,56,62)/b10-8-/t31-,32+,35+,38+,40-,42-,50+/m0/s1. The molecule has 1 aromatic heterocycles. The Morgan fingerprint density at radius 1 is 1.00 bits per heavy atom. The van der Waals surface area contributed by atoms with Gasteiger partial charge in [-0.25, -0.2) is 13.4 Å². The monoisotopic (exact) mass is 980 g/mol. The average Bonchev–Trinajstić information content (AvgIpc) is 4.19. The third-order valence-electron chi connectivity index (χ3n) is 15.1. The van der Waals surface area contributed by atoms with Crippen LogP contribution in [0.15, 0.2) is 60.7 Å². The van der Waals surface area contributed by atoms with Gasteiger partial charge < -0.3 is 28.7 Å². The molecule has 2 amide bonds. The molecule has 14 nitrogen and oxygen atoms in total. The minimum Gasteiger partial charge on any atom is -0.497 e. The number of Topliss-reactive ketones (excluding diaryl/α,β-unsaturated/α-hetero) is 1. The van der Waals surface area contributed by atoms with Crippen LogP contribution in [0.4, 0.5) is 18.9 Å². The minimum atomic E-state index is -4.88. The number of morpholine rings is 1. The van der Waals surface area contributed by atoms with Gasteiger partial charge in [0.2, 0.25) is 33.3 Å². The lowest BCUT2D eigenvalue weighted by atomic mass is 9.82. The zero-order chi connectivity index (χ0) is 49.7. The maximum atomic E-state index is 15.2. The lowest BCUT2D eigenvalue weighted by Gasteiger charge is -2.33. The minimum absolute atomic E-state index is 0.00248. The molecule has 7 atom stereocenters. The number of hydrogen-bond donors (Lipinski definition) is 1. The number of ketones is 1. The predicted octanol–water partition coefficient (Wildman–Crippen LogP) is 7.96. The number of methoxy groups -OCH3 is 1. The Bertz CT molecular complexity index is 2600. The summed E-state index contributed by atoms with van der Waals surface area (Å²) in [4.78, 5) is 66.4. The summed E-state index contributed by atoms with van der Waals surface area (Å²) in [5, 5.41) is 1.36. The van der Waals surface area contributed by atoms with Gasteiger partial charge in [-0.2, -0.15) is 13.2 Å². The van der Waals surface area contributed by atoms with E-state index in [0.717, 1.165) is 43.6 Å². The highest BCUT2D eigenvalue weighted by Gasteiger charge is 2.63. The number of nitrogens with zero attached hydrogens (tertiary/aromatic N) is 3. The highest BCUT2D eigenvalue weighted by molar-refractivity contribution is 7.91. The van der Waals surface area contributed by atoms with Gasteiger partial charge in [0.15, 0.2) is 5.78 Å². The van der Waals surface area contributed by atoms with Crippen molar-refractivity contribution in [2.45, 2.75) is 121 Å². The van der Waals surface area contributed by atoms with Gasteiger partial charge in [-0.05, 0) is 119 Å². The van der Waals surface area contributed by atoms with Gasteiger partial charge in [0.25, 0.3) is 0 Å². The van der Waals surface area contributed by atoms with Crippen molar-refractivity contribution in [3.05, 3.63) is 60.7 Å². The molecule has 4 heterocycles. The van der Waals surface area contributed by atoms with Crippen LogP contribution in [0.25, 0.3) is 22.0 Å². The molecular weight excluding hydrogens is 918 g/mol. The summed E-state index contributed by atoms with van der Waals surface area (Å²) in [6.45, 7) is 9.46. The Kier molecular flexibility index (Phi) is 13.9. The molecule has 0 radical (unpaired) electrons. The number of allylic oxidation sites excluding steroid dienone is 2. The molecule has 0 unspecified atom stereocenters. The SMILES string of the molecule is COc1ccc2c(O[C@@H]3C[C@H]4C(=O)C[C@]5(C(=O)NS(=O)(=O)C6(C)CC6)C[C@H]5/C=C\CC[C@H](C)C[C@@H](C)[C@H](CC(=O)OC(C)(C)C(F)(F)F)C(=O)N4C3)nc(-c3ccc(N4CCOCC4)cc3)cc2c1. The van der Waals surface area contributed by atoms with Crippen LogP contribution in [0.2, 0.25) is 0 Å². The summed E-state index contributed by atoms with van der Waals surface area (Å²) in [6.07, 6.45) is -0.421. The van der Waals surface area contributed by atoms with E-state index in [0.29, 0.717) is 62.1 Å². The van der Waals surface area contributed by atoms with Crippen molar-refractivity contribution in [3.8, 4) is 22.9 Å². The summed E-state index contributed by atoms with van der Waals surface area (Å²) < 4.78 is 92.7. The van der Waals surface area contributed by atoms with Crippen LogP contribution in [0, 0.1) is 29.1 Å². The number of esters is 1. The normalized spacial score (nSPS) is 28.1. The van der Waals surface area contributed by atoms with Gasteiger partial charge in [0.1, 0.15) is 11.9 Å². The number of ether oxygens (including phenoxy) is 4. The summed E-state index contributed by atoms with van der Waals surface area (Å²) >= 11 is 0. The average molecular weight is 981 g/mol. The Hall–Kier alpha value is -5.23. The number of amides is 2. The van der Waals surface area contributed by atoms with E-state index in [1.54, 1.807) is 33.1 Å². The maximum Gasteiger partial charge on any atom is 0.427 e. The van der Waals surface area contributed by atoms with Gasteiger partial charge in [-0.3, -0.25) is 23.9 Å². The Morgan fingerprint density at radius 2 is 1.71 bits per heavy atom. The number of hydrogen-bond acceptors (Lipinski definition) is 12. The molecule has 3 aliphatic heterocycles. The van der Waals surface area contributed by atoms with Crippen molar-refractivity contribution in [2.24, 2.45) is 29.1 Å². The van der Waals surface area contributed by atoms with Gasteiger partial charge in [0.05, 0.1) is 61.1 Å². The summed E-state index contributed by atoms with van der Waals surface area (Å²) in [7, 11) is -2.50. The highest BCUT2D eigenvalue weighted by Crippen LogP contribution is 2.58. The smallest absolute Gasteiger partial charge is 0.427 e. The number of carbonyl (C=O) groups excluding carboxylic acids is 4. The molecule has 5 aliphatic rings. The summed E-state index contributed by atoms with van der Waals surface area (Å²) in [5.41, 5.74) is -1.82. The van der Waals surface area contributed by atoms with Crippen molar-refractivity contribution in [3.63, 3.8) is 0 Å². The largest absolute Gasteiger partial charge is 0.497 e. The quantitative estimate of drug-likeness (QED) is 0.146. The number of carbonyl (C=O) groups is 4. The first kappa shape index (κ1) is 50.2. The van der Waals surface area contributed by atoms with Gasteiger partial charge >= 0.3 is 12.1 Å². The van der Waals surface area contributed by atoms with E-state index in [1.807, 2.05) is 55.5 Å². The Balaban J connectivity index is 1.15. The molecule has 18 heteroatoms. The number of nitrogens with one attached hydrogen (secondary N) is 1. The fraction of sp³-hybridized carbons (Fsp3) is 0.588. The Labute approximate surface area is 401 Å². The molecule has 0 spiro atoms. The first-order chi connectivity index (χ1) is 32.5. The second-order valence-corrected chi connectivity index (χ2v) is 22.8. The van der Waals surface area contributed by atoms with Crippen molar-refractivity contribution in [1.82, 2.24) is 14.6 Å². The van der Waals surface area contributed by atoms with E-state index in [4.69, 9.17) is 23.9 Å². The molecule has 4 fully saturated rings.